The normalized spacial score (nSPS) is 21.3. The number of nitrogens with zero attached hydrogens (tertiary/aromatic N) is 1. The molecule has 0 saturated heterocycles. The monoisotopic (exact) mass is 565 g/mol. The highest BCUT2D eigenvalue weighted by molar-refractivity contribution is 5.93. The molecule has 0 saturated carbocycles. The molecule has 41 heavy (non-hydrogen) atoms. The van der Waals surface area contributed by atoms with E-state index in [1.807, 2.05) is 69.3 Å². The molecule has 2 aromatic rings. The first-order chi connectivity index (χ1) is 19.6. The highest BCUT2D eigenvalue weighted by Crippen LogP contribution is 2.19. The number of aryl methyl sites for hydroxylation is 2. The van der Waals surface area contributed by atoms with Crippen LogP contribution in [0.4, 0.5) is 0 Å². The summed E-state index contributed by atoms with van der Waals surface area (Å²) in [7, 11) is 0. The Balaban J connectivity index is 1.88. The molecule has 1 aliphatic heterocycles. The van der Waals surface area contributed by atoms with Crippen LogP contribution in [0, 0.1) is 12.8 Å². The fourth-order valence-electron chi connectivity index (χ4n) is 4.63. The molecule has 2 aromatic carbocycles. The SMILES string of the molecule is Cc1cccc(C[C@H]2NCCOc3ccccc3CCCNC(=O)[C@H](CN=C(N)N)NC(=O)[C@@H](C(C)C)NC2=O)c1. The van der Waals surface area contributed by atoms with Gasteiger partial charge in [0.15, 0.2) is 5.96 Å². The zero-order chi connectivity index (χ0) is 29.8. The molecule has 0 aromatic heterocycles. The van der Waals surface area contributed by atoms with Crippen LogP contribution in [-0.2, 0) is 27.2 Å². The molecule has 0 spiro atoms. The van der Waals surface area contributed by atoms with Crippen molar-refractivity contribution < 1.29 is 19.1 Å². The minimum absolute atomic E-state index is 0.132. The van der Waals surface area contributed by atoms with Crippen molar-refractivity contribution in [3.05, 3.63) is 65.2 Å². The third kappa shape index (κ3) is 10.1. The Labute approximate surface area is 241 Å². The zero-order valence-corrected chi connectivity index (χ0v) is 24.1. The maximum absolute atomic E-state index is 13.6. The number of hydrogen-bond acceptors (Lipinski definition) is 6. The van der Waals surface area contributed by atoms with Crippen LogP contribution in [0.2, 0.25) is 0 Å². The third-order valence-corrected chi connectivity index (χ3v) is 6.82. The molecule has 0 unspecified atom stereocenters. The quantitative estimate of drug-likeness (QED) is 0.227. The summed E-state index contributed by atoms with van der Waals surface area (Å²) >= 11 is 0. The lowest BCUT2D eigenvalue weighted by atomic mass is 10.00. The van der Waals surface area contributed by atoms with E-state index >= 15 is 0 Å². The van der Waals surface area contributed by atoms with E-state index in [1.165, 1.54) is 0 Å². The predicted octanol–water partition coefficient (Wildman–Crippen LogP) is 0.536. The number of benzene rings is 2. The largest absolute Gasteiger partial charge is 0.492 e. The molecule has 3 amide bonds. The summed E-state index contributed by atoms with van der Waals surface area (Å²) in [5, 5.41) is 11.8. The van der Waals surface area contributed by atoms with Gasteiger partial charge in [-0.3, -0.25) is 19.4 Å². The Bertz CT molecular complexity index is 1210. The predicted molar refractivity (Wildman–Crippen MR) is 159 cm³/mol. The second-order valence-electron chi connectivity index (χ2n) is 10.6. The number of fused-ring (bicyclic) bond motifs is 1. The van der Waals surface area contributed by atoms with Crippen molar-refractivity contribution in [1.29, 1.82) is 0 Å². The van der Waals surface area contributed by atoms with Crippen molar-refractivity contribution in [1.82, 2.24) is 21.3 Å². The van der Waals surface area contributed by atoms with Gasteiger partial charge in [-0.15, -0.1) is 0 Å². The minimum Gasteiger partial charge on any atom is -0.492 e. The molecule has 8 N–H and O–H groups in total. The van der Waals surface area contributed by atoms with Crippen molar-refractivity contribution in [2.24, 2.45) is 22.4 Å². The number of nitrogens with one attached hydrogen (secondary N) is 4. The Kier molecular flexibility index (Phi) is 12.0. The molecule has 3 atom stereocenters. The fourth-order valence-corrected chi connectivity index (χ4v) is 4.63. The summed E-state index contributed by atoms with van der Waals surface area (Å²) in [4.78, 5) is 44.0. The number of carbonyl (C=O) groups excluding carboxylic acids is 3. The summed E-state index contributed by atoms with van der Waals surface area (Å²) in [5.74, 6) is -0.919. The molecule has 11 nitrogen and oxygen atoms in total. The number of guanidine groups is 1. The van der Waals surface area contributed by atoms with Gasteiger partial charge in [0.1, 0.15) is 24.4 Å². The van der Waals surface area contributed by atoms with Gasteiger partial charge < -0.3 is 37.5 Å². The topological polar surface area (TPSA) is 173 Å². The van der Waals surface area contributed by atoms with E-state index in [4.69, 9.17) is 16.2 Å². The van der Waals surface area contributed by atoms with Gasteiger partial charge in [0.25, 0.3) is 0 Å². The van der Waals surface area contributed by atoms with E-state index in [1.54, 1.807) is 0 Å². The van der Waals surface area contributed by atoms with Crippen molar-refractivity contribution in [2.45, 2.75) is 58.2 Å². The number of amides is 3. The lowest BCUT2D eigenvalue weighted by molar-refractivity contribution is -0.133. The van der Waals surface area contributed by atoms with Gasteiger partial charge >= 0.3 is 0 Å². The molecular formula is C30H43N7O4. The van der Waals surface area contributed by atoms with Crippen LogP contribution in [0.5, 0.6) is 5.75 Å². The average molecular weight is 566 g/mol. The number of para-hydroxylation sites is 1. The molecule has 222 valence electrons. The molecule has 3 rings (SSSR count). The van der Waals surface area contributed by atoms with E-state index in [9.17, 15) is 14.4 Å². The Morgan fingerprint density at radius 2 is 1.76 bits per heavy atom. The van der Waals surface area contributed by atoms with E-state index in [0.717, 1.165) is 22.4 Å². The first kappa shape index (κ1) is 31.4. The Hall–Kier alpha value is -4.12. The van der Waals surface area contributed by atoms with Crippen molar-refractivity contribution in [3.8, 4) is 5.75 Å². The van der Waals surface area contributed by atoms with Crippen molar-refractivity contribution in [2.75, 3.05) is 26.2 Å². The maximum atomic E-state index is 13.6. The second-order valence-corrected chi connectivity index (χ2v) is 10.6. The highest BCUT2D eigenvalue weighted by atomic mass is 16.5. The minimum atomic E-state index is -1.02. The summed E-state index contributed by atoms with van der Waals surface area (Å²) < 4.78 is 6.07. The molecule has 0 fully saturated rings. The van der Waals surface area contributed by atoms with Crippen LogP contribution in [0.1, 0.15) is 37.0 Å². The van der Waals surface area contributed by atoms with Crippen LogP contribution in [0.25, 0.3) is 0 Å². The van der Waals surface area contributed by atoms with Crippen molar-refractivity contribution >= 4 is 23.7 Å². The lowest BCUT2D eigenvalue weighted by Crippen LogP contribution is -2.59. The summed E-state index contributed by atoms with van der Waals surface area (Å²) in [5.41, 5.74) is 14.1. The number of hydrogen-bond donors (Lipinski definition) is 6. The average Bonchev–Trinajstić information content (AvgIpc) is 2.93. The molecule has 1 aliphatic rings. The summed E-state index contributed by atoms with van der Waals surface area (Å²) in [6.07, 6.45) is 1.77. The number of ether oxygens (including phenoxy) is 1. The van der Waals surface area contributed by atoms with Crippen LogP contribution in [-0.4, -0.2) is 68.0 Å². The van der Waals surface area contributed by atoms with Crippen molar-refractivity contribution in [3.63, 3.8) is 0 Å². The molecule has 0 aliphatic carbocycles. The fraction of sp³-hybridized carbons (Fsp3) is 0.467. The first-order valence-electron chi connectivity index (χ1n) is 14.1. The van der Waals surface area contributed by atoms with Crippen LogP contribution in [0.3, 0.4) is 0 Å². The van der Waals surface area contributed by atoms with E-state index in [-0.39, 0.29) is 24.3 Å². The van der Waals surface area contributed by atoms with E-state index in [2.05, 4.69) is 26.3 Å². The molecule has 1 heterocycles. The van der Waals surface area contributed by atoms with Crippen LogP contribution >= 0.6 is 0 Å². The van der Waals surface area contributed by atoms with Gasteiger partial charge in [-0.1, -0.05) is 61.9 Å². The third-order valence-electron chi connectivity index (χ3n) is 6.82. The number of aliphatic imine (C=N–C) groups is 1. The van der Waals surface area contributed by atoms with Gasteiger partial charge in [0.05, 0.1) is 12.6 Å². The molecular weight excluding hydrogens is 522 g/mol. The smallest absolute Gasteiger partial charge is 0.244 e. The van der Waals surface area contributed by atoms with E-state index < -0.39 is 29.9 Å². The standard InChI is InChI=1S/C30H43N7O4/c1-19(2)26-29(40)36-24(18-35-30(31)32)27(38)34-13-7-11-22-10-4-5-12-25(22)41-15-14-33-23(28(39)37-26)17-21-9-6-8-20(3)16-21/h4-6,8-10,12,16,19,23-24,26,33H,7,11,13-15,17-18H2,1-3H3,(H,34,38)(H,36,40)(H,37,39)(H4,31,32,35)/t23-,24+,26-/m1/s1. The summed E-state index contributed by atoms with van der Waals surface area (Å²) in [6, 6.07) is 13.2. The lowest BCUT2D eigenvalue weighted by Gasteiger charge is -2.27. The van der Waals surface area contributed by atoms with Gasteiger partial charge in [-0.05, 0) is 49.3 Å². The second kappa shape index (κ2) is 15.6. The van der Waals surface area contributed by atoms with E-state index in [0.29, 0.717) is 39.0 Å². The number of nitrogens with two attached hydrogens (primary N) is 2. The van der Waals surface area contributed by atoms with Crippen LogP contribution in [0.15, 0.2) is 53.5 Å². The highest BCUT2D eigenvalue weighted by Gasteiger charge is 2.31. The Morgan fingerprint density at radius 1 is 0.976 bits per heavy atom. The number of carbonyl (C=O) groups is 3. The molecule has 0 bridgehead atoms. The maximum Gasteiger partial charge on any atom is 0.244 e. The first-order valence-corrected chi connectivity index (χ1v) is 14.1. The zero-order valence-electron chi connectivity index (χ0n) is 24.1. The molecule has 11 heteroatoms. The van der Waals surface area contributed by atoms with Gasteiger partial charge in [0.2, 0.25) is 17.7 Å². The van der Waals surface area contributed by atoms with Crippen LogP contribution < -0.4 is 37.5 Å². The van der Waals surface area contributed by atoms with Gasteiger partial charge in [0, 0.05) is 13.1 Å². The summed E-state index contributed by atoms with van der Waals surface area (Å²) in [6.45, 7) is 6.69. The Morgan fingerprint density at radius 3 is 2.49 bits per heavy atom. The number of rotatable bonds is 5. The van der Waals surface area contributed by atoms with Gasteiger partial charge in [-0.25, -0.2) is 0 Å². The molecule has 0 radical (unpaired) electrons. The van der Waals surface area contributed by atoms with Gasteiger partial charge in [-0.2, -0.15) is 0 Å².